The van der Waals surface area contributed by atoms with Gasteiger partial charge in [0.25, 0.3) is 0 Å². The van der Waals surface area contributed by atoms with Crippen molar-refractivity contribution in [1.29, 1.82) is 0 Å². The standard InChI is InChI=1S/C16H17B2NO3/c1-2-22-16(21)10-3-5-13(6-4-10)19-9-11-7-12(17)8-14(18)15(11)20/h3-9,20H,2,17-18H2,1H3/b19-9+. The van der Waals surface area contributed by atoms with Crippen LogP contribution in [0.1, 0.15) is 22.8 Å². The van der Waals surface area contributed by atoms with Crippen LogP contribution in [0, 0.1) is 0 Å². The smallest absolute Gasteiger partial charge is 0.338 e. The number of benzene rings is 2. The zero-order chi connectivity index (χ0) is 16.1. The second-order valence-electron chi connectivity index (χ2n) is 5.05. The highest BCUT2D eigenvalue weighted by atomic mass is 16.5. The van der Waals surface area contributed by atoms with E-state index >= 15 is 0 Å². The Balaban J connectivity index is 2.19. The molecule has 0 aliphatic heterocycles. The van der Waals surface area contributed by atoms with Crippen molar-refractivity contribution in [3.05, 3.63) is 47.5 Å². The van der Waals surface area contributed by atoms with Crippen LogP contribution in [0.15, 0.2) is 41.4 Å². The fourth-order valence-corrected chi connectivity index (χ4v) is 2.13. The topological polar surface area (TPSA) is 58.9 Å². The second-order valence-corrected chi connectivity index (χ2v) is 5.05. The van der Waals surface area contributed by atoms with Crippen LogP contribution in [0.4, 0.5) is 5.69 Å². The van der Waals surface area contributed by atoms with Crippen LogP contribution in [0.3, 0.4) is 0 Å². The van der Waals surface area contributed by atoms with Crippen molar-refractivity contribution >= 4 is 44.5 Å². The highest BCUT2D eigenvalue weighted by molar-refractivity contribution is 6.39. The minimum absolute atomic E-state index is 0.234. The maximum absolute atomic E-state index is 11.6. The summed E-state index contributed by atoms with van der Waals surface area (Å²) in [6.45, 7) is 2.12. The van der Waals surface area contributed by atoms with Crippen molar-refractivity contribution in [2.45, 2.75) is 6.92 Å². The lowest BCUT2D eigenvalue weighted by Crippen LogP contribution is -2.15. The summed E-state index contributed by atoms with van der Waals surface area (Å²) in [4.78, 5) is 15.9. The first-order chi connectivity index (χ1) is 10.5. The number of nitrogens with zero attached hydrogens (tertiary/aromatic N) is 1. The van der Waals surface area contributed by atoms with Gasteiger partial charge in [-0.15, -0.1) is 0 Å². The van der Waals surface area contributed by atoms with Gasteiger partial charge in [0, 0.05) is 11.8 Å². The van der Waals surface area contributed by atoms with Gasteiger partial charge in [0.05, 0.1) is 17.9 Å². The number of carbonyl (C=O) groups is 1. The molecule has 22 heavy (non-hydrogen) atoms. The van der Waals surface area contributed by atoms with Crippen LogP contribution in [0.25, 0.3) is 0 Å². The number of hydrogen-bond acceptors (Lipinski definition) is 4. The molecule has 110 valence electrons. The van der Waals surface area contributed by atoms with E-state index in [1.165, 1.54) is 0 Å². The molecule has 0 atom stereocenters. The number of esters is 1. The first kappa shape index (κ1) is 15.9. The monoisotopic (exact) mass is 293 g/mol. The third kappa shape index (κ3) is 3.79. The van der Waals surface area contributed by atoms with Gasteiger partial charge in [0.2, 0.25) is 0 Å². The summed E-state index contributed by atoms with van der Waals surface area (Å²) < 4.78 is 4.93. The molecule has 0 fully saturated rings. The van der Waals surface area contributed by atoms with E-state index in [-0.39, 0.29) is 11.7 Å². The van der Waals surface area contributed by atoms with Crippen LogP contribution in [0.5, 0.6) is 5.75 Å². The highest BCUT2D eigenvalue weighted by Gasteiger charge is 2.06. The van der Waals surface area contributed by atoms with Crippen molar-refractivity contribution in [2.24, 2.45) is 4.99 Å². The maximum atomic E-state index is 11.6. The summed E-state index contributed by atoms with van der Waals surface area (Å²) >= 11 is 0. The first-order valence-electron chi connectivity index (χ1n) is 7.12. The molecule has 0 bridgehead atoms. The Bertz CT molecular complexity index is 712. The van der Waals surface area contributed by atoms with Gasteiger partial charge in [0.1, 0.15) is 21.4 Å². The van der Waals surface area contributed by atoms with Crippen LogP contribution in [0.2, 0.25) is 0 Å². The molecule has 0 saturated carbocycles. The molecular weight excluding hydrogens is 276 g/mol. The lowest BCUT2D eigenvalue weighted by Gasteiger charge is -2.05. The van der Waals surface area contributed by atoms with E-state index in [0.29, 0.717) is 23.4 Å². The lowest BCUT2D eigenvalue weighted by atomic mass is 9.85. The van der Waals surface area contributed by atoms with Crippen LogP contribution >= 0.6 is 0 Å². The molecule has 2 aromatic carbocycles. The van der Waals surface area contributed by atoms with Crippen LogP contribution in [-0.2, 0) is 4.74 Å². The summed E-state index contributed by atoms with van der Waals surface area (Å²) in [5, 5.41) is 10.0. The molecule has 0 aliphatic rings. The number of aliphatic imine (C=N–C) groups is 1. The van der Waals surface area contributed by atoms with Gasteiger partial charge in [-0.2, -0.15) is 0 Å². The van der Waals surface area contributed by atoms with Gasteiger partial charge >= 0.3 is 5.97 Å². The van der Waals surface area contributed by atoms with Crippen LogP contribution < -0.4 is 10.9 Å². The third-order valence-electron chi connectivity index (χ3n) is 3.21. The number of carbonyl (C=O) groups excluding carboxylic acids is 1. The SMILES string of the molecule is Bc1cc(B)c(O)c(/C=N/c2ccc(C(=O)OCC)cc2)c1. The predicted molar refractivity (Wildman–Crippen MR) is 94.1 cm³/mol. The molecule has 1 N–H and O–H groups in total. The average molecular weight is 293 g/mol. The van der Waals surface area contributed by atoms with Crippen molar-refractivity contribution in [1.82, 2.24) is 0 Å². The number of rotatable bonds is 4. The molecule has 0 spiro atoms. The Morgan fingerprint density at radius 2 is 1.95 bits per heavy atom. The van der Waals surface area contributed by atoms with E-state index in [9.17, 15) is 9.90 Å². The Kier molecular flexibility index (Phi) is 5.04. The van der Waals surface area contributed by atoms with Gasteiger partial charge in [-0.05, 0) is 36.7 Å². The summed E-state index contributed by atoms with van der Waals surface area (Å²) in [6, 6.07) is 10.6. The highest BCUT2D eigenvalue weighted by Crippen LogP contribution is 2.15. The molecule has 0 saturated heterocycles. The van der Waals surface area contributed by atoms with Crippen molar-refractivity contribution in [2.75, 3.05) is 6.61 Å². The van der Waals surface area contributed by atoms with Crippen molar-refractivity contribution in [3.63, 3.8) is 0 Å². The minimum Gasteiger partial charge on any atom is -0.508 e. The molecule has 2 rings (SSSR count). The van der Waals surface area contributed by atoms with E-state index in [1.54, 1.807) is 37.4 Å². The molecule has 2 aromatic rings. The van der Waals surface area contributed by atoms with Gasteiger partial charge in [-0.1, -0.05) is 17.6 Å². The van der Waals surface area contributed by atoms with Crippen molar-refractivity contribution < 1.29 is 14.6 Å². The molecule has 0 heterocycles. The predicted octanol–water partition coefficient (Wildman–Crippen LogP) is -0.164. The summed E-state index contributed by atoms with van der Waals surface area (Å²) in [6.07, 6.45) is 1.62. The Labute approximate surface area is 131 Å². The summed E-state index contributed by atoms with van der Waals surface area (Å²) in [5.74, 6) is -0.109. The number of hydrogen-bond donors (Lipinski definition) is 1. The molecule has 6 heteroatoms. The van der Waals surface area contributed by atoms with Crippen LogP contribution in [-0.4, -0.2) is 39.6 Å². The summed E-state index contributed by atoms with van der Waals surface area (Å²) in [5.41, 5.74) is 3.75. The Morgan fingerprint density at radius 3 is 2.59 bits per heavy atom. The molecule has 4 nitrogen and oxygen atoms in total. The Morgan fingerprint density at radius 1 is 1.27 bits per heavy atom. The van der Waals surface area contributed by atoms with E-state index in [4.69, 9.17) is 4.74 Å². The van der Waals surface area contributed by atoms with Gasteiger partial charge < -0.3 is 9.84 Å². The van der Waals surface area contributed by atoms with E-state index in [2.05, 4.69) is 4.99 Å². The van der Waals surface area contributed by atoms with E-state index in [1.807, 2.05) is 27.8 Å². The Hall–Kier alpha value is -2.49. The molecule has 0 amide bonds. The largest absolute Gasteiger partial charge is 0.508 e. The third-order valence-corrected chi connectivity index (χ3v) is 3.21. The minimum atomic E-state index is -0.343. The molecule has 0 unspecified atom stereocenters. The summed E-state index contributed by atoms with van der Waals surface area (Å²) in [7, 11) is 3.83. The maximum Gasteiger partial charge on any atom is 0.338 e. The molecule has 0 aromatic heterocycles. The molecule has 0 aliphatic carbocycles. The lowest BCUT2D eigenvalue weighted by molar-refractivity contribution is 0.0526. The van der Waals surface area contributed by atoms with Crippen molar-refractivity contribution in [3.8, 4) is 5.75 Å². The zero-order valence-electron chi connectivity index (χ0n) is 13.0. The first-order valence-corrected chi connectivity index (χ1v) is 7.12. The zero-order valence-corrected chi connectivity index (χ0v) is 13.0. The average Bonchev–Trinajstić information content (AvgIpc) is 2.50. The molecule has 0 radical (unpaired) electrons. The number of aromatic hydroxyl groups is 1. The van der Waals surface area contributed by atoms with E-state index in [0.717, 1.165) is 10.9 Å². The van der Waals surface area contributed by atoms with E-state index < -0.39 is 0 Å². The fraction of sp³-hybridized carbons (Fsp3) is 0.125. The number of phenolic OH excluding ortho intramolecular Hbond substituents is 1. The molecular formula is C16H17B2NO3. The normalized spacial score (nSPS) is 10.8. The number of ether oxygens (including phenoxy) is 1. The number of phenols is 1. The quantitative estimate of drug-likeness (QED) is 0.484. The second kappa shape index (κ2) is 6.98. The van der Waals surface area contributed by atoms with Gasteiger partial charge in [-0.25, -0.2) is 4.79 Å². The van der Waals surface area contributed by atoms with Gasteiger partial charge in [-0.3, -0.25) is 4.99 Å². The van der Waals surface area contributed by atoms with Gasteiger partial charge in [0.15, 0.2) is 0 Å². The fourth-order valence-electron chi connectivity index (χ4n) is 2.13.